The second-order valence-corrected chi connectivity index (χ2v) is 5.85. The van der Waals surface area contributed by atoms with Gasteiger partial charge in [0.2, 0.25) is 0 Å². The van der Waals surface area contributed by atoms with Gasteiger partial charge in [-0.1, -0.05) is 0 Å². The second-order valence-electron chi connectivity index (χ2n) is 5.85. The summed E-state index contributed by atoms with van der Waals surface area (Å²) in [5, 5.41) is 11.1. The Morgan fingerprint density at radius 2 is 2.14 bits per heavy atom. The molecular formula is C16H15O5-. The Morgan fingerprint density at radius 1 is 1.38 bits per heavy atom. The smallest absolute Gasteiger partial charge is 0.169 e. The van der Waals surface area contributed by atoms with Gasteiger partial charge in [-0.3, -0.25) is 9.59 Å². The number of benzene rings is 1. The molecule has 110 valence electrons. The van der Waals surface area contributed by atoms with Crippen LogP contribution in [0.15, 0.2) is 18.2 Å². The molecule has 2 aliphatic carbocycles. The van der Waals surface area contributed by atoms with E-state index >= 15 is 0 Å². The average molecular weight is 287 g/mol. The number of hydrogen-bond donors (Lipinski definition) is 0. The summed E-state index contributed by atoms with van der Waals surface area (Å²) >= 11 is 0. The molecule has 0 heterocycles. The maximum absolute atomic E-state index is 12.7. The first-order valence-electron chi connectivity index (χ1n) is 6.92. The van der Waals surface area contributed by atoms with Crippen LogP contribution in [-0.4, -0.2) is 24.6 Å². The lowest BCUT2D eigenvalue weighted by molar-refractivity contribution is -0.311. The number of ketones is 2. The van der Waals surface area contributed by atoms with Crippen LogP contribution in [-0.2, 0) is 16.0 Å². The monoisotopic (exact) mass is 287 g/mol. The van der Waals surface area contributed by atoms with Crippen molar-refractivity contribution in [2.24, 2.45) is 11.3 Å². The van der Waals surface area contributed by atoms with Crippen LogP contribution < -0.4 is 9.84 Å². The van der Waals surface area contributed by atoms with Crippen LogP contribution in [0.25, 0.3) is 0 Å². The molecule has 5 nitrogen and oxygen atoms in total. The fourth-order valence-electron chi connectivity index (χ4n) is 3.52. The minimum Gasteiger partial charge on any atom is -0.549 e. The highest BCUT2D eigenvalue weighted by atomic mass is 16.5. The largest absolute Gasteiger partial charge is 0.549 e. The molecule has 5 heteroatoms. The molecule has 2 aliphatic rings. The molecule has 2 atom stereocenters. The number of methoxy groups -OCH3 is 1. The highest BCUT2D eigenvalue weighted by Crippen LogP contribution is 2.48. The lowest BCUT2D eigenvalue weighted by Gasteiger charge is -2.36. The number of hydrogen-bond acceptors (Lipinski definition) is 5. The summed E-state index contributed by atoms with van der Waals surface area (Å²) in [7, 11) is 1.56. The van der Waals surface area contributed by atoms with Crippen molar-refractivity contribution in [2.45, 2.75) is 25.7 Å². The first kappa shape index (κ1) is 13.8. The molecule has 0 bridgehead atoms. The van der Waals surface area contributed by atoms with Gasteiger partial charge in [-0.15, -0.1) is 0 Å². The Morgan fingerprint density at radius 3 is 2.81 bits per heavy atom. The zero-order valence-corrected chi connectivity index (χ0v) is 11.7. The minimum absolute atomic E-state index is 0.0456. The fourth-order valence-corrected chi connectivity index (χ4v) is 3.52. The molecule has 0 N–H and O–H groups in total. The van der Waals surface area contributed by atoms with E-state index in [1.165, 1.54) is 0 Å². The quantitative estimate of drug-likeness (QED) is 0.741. The Labute approximate surface area is 121 Å². The predicted molar refractivity (Wildman–Crippen MR) is 70.8 cm³/mol. The van der Waals surface area contributed by atoms with Gasteiger partial charge in [-0.2, -0.15) is 0 Å². The van der Waals surface area contributed by atoms with Crippen molar-refractivity contribution in [3.05, 3.63) is 29.3 Å². The van der Waals surface area contributed by atoms with Crippen LogP contribution in [0.2, 0.25) is 0 Å². The molecular weight excluding hydrogens is 272 g/mol. The van der Waals surface area contributed by atoms with Crippen molar-refractivity contribution in [1.82, 2.24) is 0 Å². The van der Waals surface area contributed by atoms with Crippen molar-refractivity contribution < 1.29 is 24.2 Å². The third kappa shape index (κ3) is 2.04. The zero-order chi connectivity index (χ0) is 15.2. The van der Waals surface area contributed by atoms with E-state index in [4.69, 9.17) is 4.74 Å². The topological polar surface area (TPSA) is 83.5 Å². The maximum atomic E-state index is 12.7. The summed E-state index contributed by atoms with van der Waals surface area (Å²) in [4.78, 5) is 35.5. The van der Waals surface area contributed by atoms with E-state index in [-0.39, 0.29) is 24.4 Å². The number of carboxylic acid groups (broad SMARTS) is 1. The fraction of sp³-hybridized carbons (Fsp3) is 0.438. The van der Waals surface area contributed by atoms with E-state index in [0.717, 1.165) is 5.56 Å². The van der Waals surface area contributed by atoms with Crippen LogP contribution in [0.5, 0.6) is 5.75 Å². The van der Waals surface area contributed by atoms with Gasteiger partial charge in [-0.25, -0.2) is 0 Å². The molecule has 1 spiro atoms. The summed E-state index contributed by atoms with van der Waals surface area (Å²) in [6.45, 7) is 0. The number of carboxylic acids is 1. The SMILES string of the molecule is COc1ccc2c(c1)C[C@@]1(CCC(=O)[C@H](C(=O)[O-])C1)C2=O. The van der Waals surface area contributed by atoms with Crippen LogP contribution in [0.3, 0.4) is 0 Å². The van der Waals surface area contributed by atoms with Crippen molar-refractivity contribution in [2.75, 3.05) is 7.11 Å². The highest BCUT2D eigenvalue weighted by molar-refractivity contribution is 6.07. The number of Topliss-reactive ketones (excluding diaryl/α,β-unsaturated/α-hetero) is 2. The van der Waals surface area contributed by atoms with E-state index in [9.17, 15) is 19.5 Å². The van der Waals surface area contributed by atoms with E-state index in [2.05, 4.69) is 0 Å². The average Bonchev–Trinajstić information content (AvgIpc) is 2.73. The zero-order valence-electron chi connectivity index (χ0n) is 11.7. The van der Waals surface area contributed by atoms with Gasteiger partial charge in [0.1, 0.15) is 11.5 Å². The van der Waals surface area contributed by atoms with Crippen LogP contribution in [0.1, 0.15) is 35.2 Å². The van der Waals surface area contributed by atoms with Gasteiger partial charge in [-0.05, 0) is 43.0 Å². The third-order valence-electron chi connectivity index (χ3n) is 4.69. The normalized spacial score (nSPS) is 27.8. The van der Waals surface area contributed by atoms with Crippen molar-refractivity contribution >= 4 is 17.5 Å². The number of carbonyl (C=O) groups excluding carboxylic acids is 3. The molecule has 1 aromatic rings. The summed E-state index contributed by atoms with van der Waals surface area (Å²) in [6.07, 6.45) is 1.04. The lowest BCUT2D eigenvalue weighted by Crippen LogP contribution is -2.46. The Kier molecular flexibility index (Phi) is 3.08. The molecule has 1 fully saturated rings. The number of aliphatic carboxylic acids is 1. The van der Waals surface area contributed by atoms with Crippen molar-refractivity contribution in [1.29, 1.82) is 0 Å². The molecule has 0 unspecified atom stereocenters. The van der Waals surface area contributed by atoms with E-state index in [1.54, 1.807) is 19.2 Å². The first-order valence-corrected chi connectivity index (χ1v) is 6.92. The molecule has 0 radical (unpaired) electrons. The number of carbonyl (C=O) groups is 3. The number of fused-ring (bicyclic) bond motifs is 1. The Hall–Kier alpha value is -2.17. The molecule has 0 aromatic heterocycles. The summed E-state index contributed by atoms with van der Waals surface area (Å²) in [5.74, 6) is -2.26. The van der Waals surface area contributed by atoms with E-state index < -0.39 is 17.3 Å². The highest BCUT2D eigenvalue weighted by Gasteiger charge is 2.50. The summed E-state index contributed by atoms with van der Waals surface area (Å²) in [5.41, 5.74) is 0.709. The van der Waals surface area contributed by atoms with Gasteiger partial charge in [0.05, 0.1) is 19.0 Å². The number of rotatable bonds is 2. The molecule has 0 saturated heterocycles. The Balaban J connectivity index is 1.96. The molecule has 21 heavy (non-hydrogen) atoms. The van der Waals surface area contributed by atoms with E-state index in [0.29, 0.717) is 24.2 Å². The third-order valence-corrected chi connectivity index (χ3v) is 4.69. The van der Waals surface area contributed by atoms with Crippen LogP contribution >= 0.6 is 0 Å². The van der Waals surface area contributed by atoms with Crippen LogP contribution in [0.4, 0.5) is 0 Å². The summed E-state index contributed by atoms with van der Waals surface area (Å²) in [6, 6.07) is 5.25. The molecule has 1 aromatic carbocycles. The van der Waals surface area contributed by atoms with Crippen LogP contribution in [0, 0.1) is 11.3 Å². The van der Waals surface area contributed by atoms with Gasteiger partial charge in [0, 0.05) is 17.4 Å². The standard InChI is InChI=1S/C16H16O5/c1-21-10-2-3-11-9(6-10)7-16(14(11)18)5-4-13(17)12(8-16)15(19)20/h2-3,6,12H,4-5,7-8H2,1H3,(H,19,20)/p-1/t12-,16-/m1/s1. The lowest BCUT2D eigenvalue weighted by atomic mass is 9.67. The minimum atomic E-state index is -1.37. The van der Waals surface area contributed by atoms with Gasteiger partial charge < -0.3 is 14.6 Å². The van der Waals surface area contributed by atoms with Crippen molar-refractivity contribution in [3.63, 3.8) is 0 Å². The number of ether oxygens (including phenoxy) is 1. The maximum Gasteiger partial charge on any atom is 0.169 e. The molecule has 1 saturated carbocycles. The first-order chi connectivity index (χ1) is 9.97. The molecule has 0 amide bonds. The Bertz CT molecular complexity index is 648. The summed E-state index contributed by atoms with van der Waals surface area (Å²) < 4.78 is 5.16. The van der Waals surface area contributed by atoms with Gasteiger partial charge >= 0.3 is 0 Å². The van der Waals surface area contributed by atoms with Gasteiger partial charge in [0.25, 0.3) is 0 Å². The molecule has 0 aliphatic heterocycles. The predicted octanol–water partition coefficient (Wildman–Crippen LogP) is 0.539. The second kappa shape index (κ2) is 4.69. The van der Waals surface area contributed by atoms with E-state index in [1.807, 2.05) is 6.07 Å². The van der Waals surface area contributed by atoms with Gasteiger partial charge in [0.15, 0.2) is 5.78 Å². The molecule has 3 rings (SSSR count). The van der Waals surface area contributed by atoms with Crippen molar-refractivity contribution in [3.8, 4) is 5.75 Å².